The van der Waals surface area contributed by atoms with Crippen molar-refractivity contribution in [2.45, 2.75) is 25.7 Å². The summed E-state index contributed by atoms with van der Waals surface area (Å²) in [5.41, 5.74) is 0.508. The molecule has 0 radical (unpaired) electrons. The predicted molar refractivity (Wildman–Crippen MR) is 96.2 cm³/mol. The molecule has 1 saturated carbocycles. The Morgan fingerprint density at radius 2 is 1.60 bits per heavy atom. The van der Waals surface area contributed by atoms with E-state index < -0.39 is 0 Å². The second kappa shape index (κ2) is 6.82. The van der Waals surface area contributed by atoms with Crippen molar-refractivity contribution in [3.05, 3.63) is 42.2 Å². The van der Waals surface area contributed by atoms with Gasteiger partial charge in [0.05, 0.1) is 0 Å². The fraction of sp³-hybridized carbons (Fsp3) is 0.450. The lowest BCUT2D eigenvalue weighted by atomic mass is 10.1. The van der Waals surface area contributed by atoms with E-state index in [1.807, 2.05) is 40.1 Å². The maximum atomic E-state index is 12.9. The molecule has 0 atom stereocenters. The van der Waals surface area contributed by atoms with Crippen LogP contribution in [0.4, 0.5) is 0 Å². The molecule has 4 rings (SSSR count). The van der Waals surface area contributed by atoms with Gasteiger partial charge in [0.2, 0.25) is 5.91 Å². The second-order valence-corrected chi connectivity index (χ2v) is 6.98. The van der Waals surface area contributed by atoms with E-state index in [1.165, 1.54) is 12.8 Å². The molecule has 25 heavy (non-hydrogen) atoms. The zero-order valence-electron chi connectivity index (χ0n) is 14.4. The number of amides is 2. The topological polar surface area (TPSA) is 53.5 Å². The molecule has 1 saturated heterocycles. The molecule has 0 bridgehead atoms. The van der Waals surface area contributed by atoms with Gasteiger partial charge in [-0.3, -0.25) is 14.6 Å². The van der Waals surface area contributed by atoms with Crippen LogP contribution in [-0.4, -0.2) is 52.8 Å². The predicted octanol–water partition coefficient (Wildman–Crippen LogP) is 2.71. The molecule has 5 nitrogen and oxygen atoms in total. The minimum atomic E-state index is -0.0373. The molecule has 0 N–H and O–H groups in total. The van der Waals surface area contributed by atoms with Crippen LogP contribution in [0.3, 0.4) is 0 Å². The molecule has 0 spiro atoms. The van der Waals surface area contributed by atoms with E-state index in [1.54, 1.807) is 6.20 Å². The summed E-state index contributed by atoms with van der Waals surface area (Å²) in [4.78, 5) is 33.5. The first-order chi connectivity index (χ1) is 12.2. The summed E-state index contributed by atoms with van der Waals surface area (Å²) in [7, 11) is 0. The highest BCUT2D eigenvalue weighted by Crippen LogP contribution is 2.27. The van der Waals surface area contributed by atoms with Crippen LogP contribution in [0.25, 0.3) is 10.8 Å². The number of nitrogens with zero attached hydrogens (tertiary/aromatic N) is 3. The van der Waals surface area contributed by atoms with Crippen molar-refractivity contribution in [3.8, 4) is 0 Å². The molecule has 2 aromatic rings. The van der Waals surface area contributed by atoms with Gasteiger partial charge in [0.15, 0.2) is 0 Å². The number of hydrogen-bond acceptors (Lipinski definition) is 3. The largest absolute Gasteiger partial charge is 0.339 e. The fourth-order valence-electron chi connectivity index (χ4n) is 4.00. The number of hydrogen-bond donors (Lipinski definition) is 0. The number of rotatable bonds is 2. The van der Waals surface area contributed by atoms with Crippen LogP contribution in [0.5, 0.6) is 0 Å². The van der Waals surface area contributed by atoms with E-state index in [2.05, 4.69) is 4.98 Å². The molecule has 1 aliphatic carbocycles. The number of piperazine rings is 1. The maximum Gasteiger partial charge on any atom is 0.273 e. The molecule has 130 valence electrons. The summed E-state index contributed by atoms with van der Waals surface area (Å²) in [6.07, 6.45) is 6.08. The quantitative estimate of drug-likeness (QED) is 0.847. The molecular weight excluding hydrogens is 314 g/mol. The maximum absolute atomic E-state index is 12.9. The molecule has 2 fully saturated rings. The number of carbonyl (C=O) groups is 2. The average Bonchev–Trinajstić information content (AvgIpc) is 3.21. The third-order valence-electron chi connectivity index (χ3n) is 5.46. The van der Waals surface area contributed by atoms with Crippen molar-refractivity contribution in [1.82, 2.24) is 14.8 Å². The van der Waals surface area contributed by atoms with Crippen molar-refractivity contribution < 1.29 is 9.59 Å². The van der Waals surface area contributed by atoms with Gasteiger partial charge in [-0.2, -0.15) is 0 Å². The lowest BCUT2D eigenvalue weighted by molar-refractivity contribution is -0.136. The van der Waals surface area contributed by atoms with Gasteiger partial charge in [-0.05, 0) is 24.3 Å². The highest BCUT2D eigenvalue weighted by molar-refractivity contribution is 6.05. The Bertz CT molecular complexity index is 785. The molecule has 1 aromatic heterocycles. The highest BCUT2D eigenvalue weighted by atomic mass is 16.2. The second-order valence-electron chi connectivity index (χ2n) is 6.98. The first kappa shape index (κ1) is 16.1. The number of fused-ring (bicyclic) bond motifs is 1. The van der Waals surface area contributed by atoms with E-state index >= 15 is 0 Å². The monoisotopic (exact) mass is 337 g/mol. The molecule has 1 aromatic carbocycles. The SMILES string of the molecule is O=C(c1nccc2ccccc12)N1CCN(C(=O)C2CCCC2)CC1. The molecule has 2 amide bonds. The van der Waals surface area contributed by atoms with Crippen molar-refractivity contribution in [2.24, 2.45) is 5.92 Å². The summed E-state index contributed by atoms with van der Waals surface area (Å²) in [5, 5.41) is 1.91. The van der Waals surface area contributed by atoms with Crippen LogP contribution in [-0.2, 0) is 4.79 Å². The van der Waals surface area contributed by atoms with Gasteiger partial charge in [-0.25, -0.2) is 0 Å². The summed E-state index contributed by atoms with van der Waals surface area (Å²) >= 11 is 0. The van der Waals surface area contributed by atoms with Crippen molar-refractivity contribution in [1.29, 1.82) is 0 Å². The third-order valence-corrected chi connectivity index (χ3v) is 5.46. The highest BCUT2D eigenvalue weighted by Gasteiger charge is 2.31. The standard InChI is InChI=1S/C20H23N3O2/c24-19(16-6-1-2-7-16)22-11-13-23(14-12-22)20(25)18-17-8-4-3-5-15(17)9-10-21-18/h3-5,8-10,16H,1-2,6-7,11-14H2. The van der Waals surface area contributed by atoms with Gasteiger partial charge in [0.25, 0.3) is 5.91 Å². The van der Waals surface area contributed by atoms with Crippen LogP contribution in [0, 0.1) is 5.92 Å². The normalized spacial score (nSPS) is 18.7. The Labute approximate surface area is 147 Å². The van der Waals surface area contributed by atoms with Gasteiger partial charge >= 0.3 is 0 Å². The Morgan fingerprint density at radius 1 is 0.920 bits per heavy atom. The van der Waals surface area contributed by atoms with Gasteiger partial charge in [0, 0.05) is 43.7 Å². The van der Waals surface area contributed by atoms with Crippen LogP contribution in [0.1, 0.15) is 36.2 Å². The van der Waals surface area contributed by atoms with E-state index in [-0.39, 0.29) is 17.7 Å². The van der Waals surface area contributed by atoms with Crippen molar-refractivity contribution in [2.75, 3.05) is 26.2 Å². The number of carbonyl (C=O) groups excluding carboxylic acids is 2. The number of pyridine rings is 1. The molecule has 2 heterocycles. The van der Waals surface area contributed by atoms with Crippen LogP contribution < -0.4 is 0 Å². The Kier molecular flexibility index (Phi) is 4.38. The van der Waals surface area contributed by atoms with Crippen LogP contribution in [0.2, 0.25) is 0 Å². The van der Waals surface area contributed by atoms with Gasteiger partial charge in [-0.15, -0.1) is 0 Å². The smallest absolute Gasteiger partial charge is 0.273 e. The van der Waals surface area contributed by atoms with Gasteiger partial charge < -0.3 is 9.80 Å². The van der Waals surface area contributed by atoms with Gasteiger partial charge in [0.1, 0.15) is 5.69 Å². The summed E-state index contributed by atoms with van der Waals surface area (Å²) in [6, 6.07) is 9.74. The first-order valence-electron chi connectivity index (χ1n) is 9.16. The van der Waals surface area contributed by atoms with E-state index in [0.717, 1.165) is 23.6 Å². The molecule has 5 heteroatoms. The average molecular weight is 337 g/mol. The van der Waals surface area contributed by atoms with Crippen molar-refractivity contribution in [3.63, 3.8) is 0 Å². The van der Waals surface area contributed by atoms with Crippen LogP contribution >= 0.6 is 0 Å². The third kappa shape index (κ3) is 3.11. The van der Waals surface area contributed by atoms with Gasteiger partial charge in [-0.1, -0.05) is 37.1 Å². The minimum Gasteiger partial charge on any atom is -0.339 e. The summed E-state index contributed by atoms with van der Waals surface area (Å²) < 4.78 is 0. The van der Waals surface area contributed by atoms with Crippen molar-refractivity contribution >= 4 is 22.6 Å². The molecule has 0 unspecified atom stereocenters. The van der Waals surface area contributed by atoms with E-state index in [9.17, 15) is 9.59 Å². The summed E-state index contributed by atoms with van der Waals surface area (Å²) in [5.74, 6) is 0.458. The number of aromatic nitrogens is 1. The van der Waals surface area contributed by atoms with Crippen LogP contribution in [0.15, 0.2) is 36.5 Å². The molecular formula is C20H23N3O2. The Balaban J connectivity index is 1.45. The first-order valence-corrected chi connectivity index (χ1v) is 9.16. The summed E-state index contributed by atoms with van der Waals surface area (Å²) in [6.45, 7) is 2.43. The lowest BCUT2D eigenvalue weighted by Gasteiger charge is -2.36. The Morgan fingerprint density at radius 3 is 2.36 bits per heavy atom. The minimum absolute atomic E-state index is 0.0373. The molecule has 1 aliphatic heterocycles. The van der Waals surface area contributed by atoms with E-state index in [0.29, 0.717) is 31.9 Å². The molecule has 2 aliphatic rings. The fourth-order valence-corrected chi connectivity index (χ4v) is 4.00. The zero-order chi connectivity index (χ0) is 17.2. The number of benzene rings is 1. The zero-order valence-corrected chi connectivity index (χ0v) is 14.4. The lowest BCUT2D eigenvalue weighted by Crippen LogP contribution is -2.51. The van der Waals surface area contributed by atoms with E-state index in [4.69, 9.17) is 0 Å². The Hall–Kier alpha value is -2.43.